The first kappa shape index (κ1) is 11.6. The van der Waals surface area contributed by atoms with E-state index in [1.54, 1.807) is 0 Å². The van der Waals surface area contributed by atoms with E-state index in [2.05, 4.69) is 43.1 Å². The van der Waals surface area contributed by atoms with Crippen LogP contribution in [0.15, 0.2) is 47.7 Å². The fraction of sp³-hybridized carbons (Fsp3) is 0.357. The quantitative estimate of drug-likeness (QED) is 0.561. The molecule has 1 nitrogen and oxygen atoms in total. The van der Waals surface area contributed by atoms with Crippen molar-refractivity contribution in [2.45, 2.75) is 26.7 Å². The molecule has 1 N–H and O–H groups in total. The first-order valence-corrected chi connectivity index (χ1v) is 5.46. The Hall–Kier alpha value is -1.46. The Balaban J connectivity index is 2.15. The minimum absolute atomic E-state index is 1.02. The van der Waals surface area contributed by atoms with Gasteiger partial charge in [0.15, 0.2) is 0 Å². The van der Waals surface area contributed by atoms with Crippen LogP contribution in [0.4, 0.5) is 5.69 Å². The minimum atomic E-state index is 1.02. The van der Waals surface area contributed by atoms with E-state index in [1.165, 1.54) is 11.3 Å². The predicted octanol–water partition coefficient (Wildman–Crippen LogP) is 4.00. The normalized spacial score (nSPS) is 9.20. The van der Waals surface area contributed by atoms with E-state index < -0.39 is 0 Å². The fourth-order valence-corrected chi connectivity index (χ4v) is 1.27. The number of allylic oxidation sites excluding steroid dienone is 1. The fourth-order valence-electron chi connectivity index (χ4n) is 1.27. The number of para-hydroxylation sites is 1. The van der Waals surface area contributed by atoms with Crippen molar-refractivity contribution in [1.29, 1.82) is 0 Å². The molecule has 1 aromatic carbocycles. The molecular formula is C14H19N. The van der Waals surface area contributed by atoms with Crippen molar-refractivity contribution in [1.82, 2.24) is 0 Å². The maximum absolute atomic E-state index is 3.38. The van der Waals surface area contributed by atoms with Gasteiger partial charge in [0.1, 0.15) is 0 Å². The third-order valence-corrected chi connectivity index (χ3v) is 2.02. The van der Waals surface area contributed by atoms with Crippen molar-refractivity contribution in [3.05, 3.63) is 47.7 Å². The van der Waals surface area contributed by atoms with Crippen molar-refractivity contribution in [2.75, 3.05) is 11.9 Å². The topological polar surface area (TPSA) is 12.0 Å². The second-order valence-corrected chi connectivity index (χ2v) is 3.78. The summed E-state index contributed by atoms with van der Waals surface area (Å²) in [6.45, 7) is 5.16. The van der Waals surface area contributed by atoms with Gasteiger partial charge in [-0.1, -0.05) is 18.2 Å². The Labute approximate surface area is 92.5 Å². The molecule has 0 saturated carbocycles. The first-order chi connectivity index (χ1) is 7.29. The molecule has 80 valence electrons. The Kier molecular flexibility index (Phi) is 5.35. The van der Waals surface area contributed by atoms with Crippen LogP contribution < -0.4 is 5.32 Å². The Bertz CT molecular complexity index is 328. The highest BCUT2D eigenvalue weighted by Gasteiger charge is 1.87. The second-order valence-electron chi connectivity index (χ2n) is 3.78. The minimum Gasteiger partial charge on any atom is -0.385 e. The van der Waals surface area contributed by atoms with E-state index >= 15 is 0 Å². The summed E-state index contributed by atoms with van der Waals surface area (Å²) in [4.78, 5) is 0. The van der Waals surface area contributed by atoms with Gasteiger partial charge >= 0.3 is 0 Å². The maximum Gasteiger partial charge on any atom is 0.0340 e. The van der Waals surface area contributed by atoms with Crippen LogP contribution in [-0.4, -0.2) is 6.54 Å². The number of anilines is 1. The van der Waals surface area contributed by atoms with Crippen molar-refractivity contribution in [3.63, 3.8) is 0 Å². The number of unbranched alkanes of at least 4 members (excludes halogenated alkanes) is 1. The summed E-state index contributed by atoms with van der Waals surface area (Å²) in [5.41, 5.74) is 5.65. The van der Waals surface area contributed by atoms with Gasteiger partial charge in [0.25, 0.3) is 0 Å². The van der Waals surface area contributed by atoms with Crippen LogP contribution in [0.2, 0.25) is 0 Å². The zero-order chi connectivity index (χ0) is 10.9. The lowest BCUT2D eigenvalue weighted by Gasteiger charge is -2.03. The third-order valence-electron chi connectivity index (χ3n) is 2.02. The predicted molar refractivity (Wildman–Crippen MR) is 67.1 cm³/mol. The summed E-state index contributed by atoms with van der Waals surface area (Å²) < 4.78 is 0. The van der Waals surface area contributed by atoms with E-state index in [-0.39, 0.29) is 0 Å². The van der Waals surface area contributed by atoms with Gasteiger partial charge in [-0.2, -0.15) is 0 Å². The van der Waals surface area contributed by atoms with E-state index in [4.69, 9.17) is 0 Å². The highest BCUT2D eigenvalue weighted by molar-refractivity contribution is 5.42. The smallest absolute Gasteiger partial charge is 0.0340 e. The van der Waals surface area contributed by atoms with Crippen molar-refractivity contribution >= 4 is 5.69 Å². The average molecular weight is 201 g/mol. The van der Waals surface area contributed by atoms with E-state index in [0.29, 0.717) is 0 Å². The standard InChI is InChI=1S/C14H19N/c1-13(2)9-5-4-8-12-15-14-10-6-3-7-11-14/h3,5-7,10-11,15H,4,8,12H2,1-2H3. The lowest BCUT2D eigenvalue weighted by atomic mass is 10.2. The number of hydrogen-bond acceptors (Lipinski definition) is 1. The van der Waals surface area contributed by atoms with Crippen LogP contribution in [0.3, 0.4) is 0 Å². The molecule has 0 bridgehead atoms. The molecule has 1 heteroatoms. The molecular weight excluding hydrogens is 182 g/mol. The molecule has 15 heavy (non-hydrogen) atoms. The summed E-state index contributed by atoms with van der Waals surface area (Å²) in [6.07, 6.45) is 4.35. The second kappa shape index (κ2) is 6.92. The molecule has 0 radical (unpaired) electrons. The van der Waals surface area contributed by atoms with Gasteiger partial charge in [0.2, 0.25) is 0 Å². The molecule has 1 rings (SSSR count). The highest BCUT2D eigenvalue weighted by atomic mass is 14.9. The molecule has 0 unspecified atom stereocenters. The lowest BCUT2D eigenvalue weighted by Crippen LogP contribution is -1.99. The zero-order valence-corrected chi connectivity index (χ0v) is 9.59. The Morgan fingerprint density at radius 3 is 2.67 bits per heavy atom. The SMILES string of the molecule is CC(C)=C=CCCCNc1ccccc1. The number of benzene rings is 1. The van der Waals surface area contributed by atoms with Crippen molar-refractivity contribution in [3.8, 4) is 0 Å². The van der Waals surface area contributed by atoms with Crippen LogP contribution in [0.1, 0.15) is 26.7 Å². The highest BCUT2D eigenvalue weighted by Crippen LogP contribution is 2.05. The summed E-state index contributed by atoms with van der Waals surface area (Å²) in [6, 6.07) is 10.3. The van der Waals surface area contributed by atoms with Gasteiger partial charge in [-0.25, -0.2) is 0 Å². The summed E-state index contributed by atoms with van der Waals surface area (Å²) in [7, 11) is 0. The Morgan fingerprint density at radius 1 is 1.27 bits per heavy atom. The van der Waals surface area contributed by atoms with Crippen LogP contribution in [0, 0.1) is 0 Å². The molecule has 0 aromatic heterocycles. The third kappa shape index (κ3) is 5.77. The summed E-state index contributed by atoms with van der Waals surface area (Å²) in [5.74, 6) is 0. The van der Waals surface area contributed by atoms with Gasteiger partial charge in [0, 0.05) is 12.2 Å². The van der Waals surface area contributed by atoms with Crippen molar-refractivity contribution in [2.24, 2.45) is 0 Å². The summed E-state index contributed by atoms with van der Waals surface area (Å²) in [5, 5.41) is 3.38. The monoisotopic (exact) mass is 201 g/mol. The summed E-state index contributed by atoms with van der Waals surface area (Å²) >= 11 is 0. The van der Waals surface area contributed by atoms with Crippen LogP contribution in [0.25, 0.3) is 0 Å². The largest absolute Gasteiger partial charge is 0.385 e. The molecule has 0 aliphatic carbocycles. The van der Waals surface area contributed by atoms with Gasteiger partial charge in [-0.05, 0) is 50.5 Å². The van der Waals surface area contributed by atoms with Gasteiger partial charge in [-0.15, -0.1) is 5.73 Å². The van der Waals surface area contributed by atoms with Gasteiger partial charge < -0.3 is 5.32 Å². The van der Waals surface area contributed by atoms with E-state index in [1.807, 2.05) is 18.2 Å². The molecule has 0 atom stereocenters. The Morgan fingerprint density at radius 2 is 2.00 bits per heavy atom. The number of hydrogen-bond donors (Lipinski definition) is 1. The molecule has 0 heterocycles. The molecule has 0 amide bonds. The van der Waals surface area contributed by atoms with Crippen molar-refractivity contribution < 1.29 is 0 Å². The molecule has 0 fully saturated rings. The van der Waals surface area contributed by atoms with Gasteiger partial charge in [0.05, 0.1) is 0 Å². The van der Waals surface area contributed by atoms with E-state index in [0.717, 1.165) is 19.4 Å². The molecule has 1 aromatic rings. The maximum atomic E-state index is 3.38. The molecule has 0 spiro atoms. The molecule has 0 aliphatic heterocycles. The number of rotatable bonds is 5. The van der Waals surface area contributed by atoms with Gasteiger partial charge in [-0.3, -0.25) is 0 Å². The molecule has 0 saturated heterocycles. The van der Waals surface area contributed by atoms with Crippen LogP contribution in [0.5, 0.6) is 0 Å². The average Bonchev–Trinajstić information content (AvgIpc) is 2.24. The zero-order valence-electron chi connectivity index (χ0n) is 9.59. The van der Waals surface area contributed by atoms with Crippen LogP contribution >= 0.6 is 0 Å². The molecule has 0 aliphatic rings. The number of nitrogens with one attached hydrogen (secondary N) is 1. The lowest BCUT2D eigenvalue weighted by molar-refractivity contribution is 0.889. The van der Waals surface area contributed by atoms with E-state index in [9.17, 15) is 0 Å². The van der Waals surface area contributed by atoms with Crippen LogP contribution in [-0.2, 0) is 0 Å². The first-order valence-electron chi connectivity index (χ1n) is 5.46.